The normalized spacial score (nSPS) is 15.5. The molecule has 0 aliphatic carbocycles. The Kier molecular flexibility index (Phi) is 6.80. The number of nitrogens with zero attached hydrogens (tertiary/aromatic N) is 1. The SMILES string of the molecule is CC(C)CC(NS(C)(=O)=O)C(=O)N(C)CC(C)O. The lowest BCUT2D eigenvalue weighted by Gasteiger charge is -2.25. The molecule has 2 N–H and O–H groups in total. The second kappa shape index (κ2) is 7.06. The molecule has 2 atom stereocenters. The van der Waals surface area contributed by atoms with Crippen LogP contribution < -0.4 is 4.72 Å². The molecule has 0 radical (unpaired) electrons. The fourth-order valence-corrected chi connectivity index (χ4v) is 2.40. The van der Waals surface area contributed by atoms with Crippen molar-refractivity contribution in [1.82, 2.24) is 9.62 Å². The van der Waals surface area contributed by atoms with Gasteiger partial charge < -0.3 is 10.0 Å². The zero-order valence-corrected chi connectivity index (χ0v) is 12.5. The third-order valence-electron chi connectivity index (χ3n) is 2.28. The van der Waals surface area contributed by atoms with Crippen LogP contribution in [0.25, 0.3) is 0 Å². The Bertz CT molecular complexity index is 365. The van der Waals surface area contributed by atoms with E-state index in [9.17, 15) is 18.3 Å². The van der Waals surface area contributed by atoms with Crippen molar-refractivity contribution in [2.45, 2.75) is 39.3 Å². The largest absolute Gasteiger partial charge is 0.392 e. The molecule has 6 nitrogen and oxygen atoms in total. The minimum atomic E-state index is -3.44. The Labute approximate surface area is 109 Å². The van der Waals surface area contributed by atoms with E-state index in [0.29, 0.717) is 6.42 Å². The van der Waals surface area contributed by atoms with Crippen LogP contribution >= 0.6 is 0 Å². The number of hydrogen-bond acceptors (Lipinski definition) is 4. The van der Waals surface area contributed by atoms with Crippen molar-refractivity contribution in [1.29, 1.82) is 0 Å². The van der Waals surface area contributed by atoms with Crippen molar-refractivity contribution in [3.8, 4) is 0 Å². The quantitative estimate of drug-likeness (QED) is 0.675. The van der Waals surface area contributed by atoms with Crippen LogP contribution in [0.1, 0.15) is 27.2 Å². The van der Waals surface area contributed by atoms with Gasteiger partial charge in [0.1, 0.15) is 6.04 Å². The van der Waals surface area contributed by atoms with Gasteiger partial charge in [0.2, 0.25) is 15.9 Å². The predicted molar refractivity (Wildman–Crippen MR) is 70.5 cm³/mol. The van der Waals surface area contributed by atoms with Crippen LogP contribution in [0, 0.1) is 5.92 Å². The molecule has 108 valence electrons. The third-order valence-corrected chi connectivity index (χ3v) is 2.99. The van der Waals surface area contributed by atoms with E-state index in [1.165, 1.54) is 4.90 Å². The van der Waals surface area contributed by atoms with E-state index in [2.05, 4.69) is 4.72 Å². The Hall–Kier alpha value is -0.660. The molecular weight excluding hydrogens is 256 g/mol. The molecule has 0 saturated heterocycles. The minimum Gasteiger partial charge on any atom is -0.392 e. The summed E-state index contributed by atoms with van der Waals surface area (Å²) >= 11 is 0. The molecular formula is C11H24N2O4S. The standard InChI is InChI=1S/C11H24N2O4S/c1-8(2)6-10(12-18(5,16)17)11(15)13(4)7-9(3)14/h8-10,12,14H,6-7H2,1-5H3. The number of sulfonamides is 1. The summed E-state index contributed by atoms with van der Waals surface area (Å²) in [7, 11) is -1.89. The van der Waals surface area contributed by atoms with Gasteiger partial charge in [-0.25, -0.2) is 13.1 Å². The van der Waals surface area contributed by atoms with Gasteiger partial charge in [0.25, 0.3) is 0 Å². The second-order valence-electron chi connectivity index (χ2n) is 5.14. The molecule has 1 amide bonds. The van der Waals surface area contributed by atoms with E-state index in [4.69, 9.17) is 0 Å². The van der Waals surface area contributed by atoms with Crippen LogP contribution in [-0.2, 0) is 14.8 Å². The average molecular weight is 280 g/mol. The number of carbonyl (C=O) groups is 1. The predicted octanol–water partition coefficient (Wildman–Crippen LogP) is -0.210. The van der Waals surface area contributed by atoms with Gasteiger partial charge in [-0.15, -0.1) is 0 Å². The second-order valence-corrected chi connectivity index (χ2v) is 6.92. The smallest absolute Gasteiger partial charge is 0.240 e. The summed E-state index contributed by atoms with van der Waals surface area (Å²) in [5, 5.41) is 9.24. The molecule has 0 saturated carbocycles. The summed E-state index contributed by atoms with van der Waals surface area (Å²) in [4.78, 5) is 13.4. The van der Waals surface area contributed by atoms with Gasteiger partial charge in [0.05, 0.1) is 12.4 Å². The monoisotopic (exact) mass is 280 g/mol. The Balaban J connectivity index is 4.79. The van der Waals surface area contributed by atoms with Crippen molar-refractivity contribution in [2.75, 3.05) is 19.8 Å². The van der Waals surface area contributed by atoms with Crippen molar-refractivity contribution in [3.63, 3.8) is 0 Å². The highest BCUT2D eigenvalue weighted by Crippen LogP contribution is 2.08. The van der Waals surface area contributed by atoms with Gasteiger partial charge >= 0.3 is 0 Å². The summed E-state index contributed by atoms with van der Waals surface area (Å²) in [6.45, 7) is 5.59. The van der Waals surface area contributed by atoms with Gasteiger partial charge in [-0.1, -0.05) is 13.8 Å². The first kappa shape index (κ1) is 17.3. The summed E-state index contributed by atoms with van der Waals surface area (Å²) in [6.07, 6.45) is 0.815. The average Bonchev–Trinajstić information content (AvgIpc) is 2.11. The zero-order valence-electron chi connectivity index (χ0n) is 11.7. The number of hydrogen-bond donors (Lipinski definition) is 2. The van der Waals surface area contributed by atoms with Crippen molar-refractivity contribution in [3.05, 3.63) is 0 Å². The summed E-state index contributed by atoms with van der Waals surface area (Å²) in [5.41, 5.74) is 0. The Morgan fingerprint density at radius 3 is 2.17 bits per heavy atom. The number of rotatable bonds is 7. The van der Waals surface area contributed by atoms with Gasteiger partial charge in [-0.2, -0.15) is 0 Å². The van der Waals surface area contributed by atoms with Crippen LogP contribution in [0.15, 0.2) is 0 Å². The van der Waals surface area contributed by atoms with E-state index in [0.717, 1.165) is 6.26 Å². The van der Waals surface area contributed by atoms with E-state index < -0.39 is 22.2 Å². The van der Waals surface area contributed by atoms with E-state index >= 15 is 0 Å². The topological polar surface area (TPSA) is 86.7 Å². The number of likely N-dealkylation sites (N-methyl/N-ethyl adjacent to an activating group) is 1. The number of nitrogens with one attached hydrogen (secondary N) is 1. The molecule has 7 heteroatoms. The highest BCUT2D eigenvalue weighted by Gasteiger charge is 2.26. The Morgan fingerprint density at radius 1 is 1.33 bits per heavy atom. The highest BCUT2D eigenvalue weighted by molar-refractivity contribution is 7.88. The first-order valence-electron chi connectivity index (χ1n) is 5.93. The van der Waals surface area contributed by atoms with Crippen molar-refractivity contribution < 1.29 is 18.3 Å². The van der Waals surface area contributed by atoms with E-state index in [-0.39, 0.29) is 18.4 Å². The van der Waals surface area contributed by atoms with Gasteiger partial charge in [-0.05, 0) is 19.3 Å². The lowest BCUT2D eigenvalue weighted by molar-refractivity contribution is -0.133. The molecule has 0 aromatic rings. The molecule has 2 unspecified atom stereocenters. The maximum atomic E-state index is 12.1. The minimum absolute atomic E-state index is 0.179. The van der Waals surface area contributed by atoms with Crippen molar-refractivity contribution in [2.24, 2.45) is 5.92 Å². The number of carbonyl (C=O) groups excluding carboxylic acids is 1. The lowest BCUT2D eigenvalue weighted by atomic mass is 10.0. The molecule has 0 heterocycles. The molecule has 18 heavy (non-hydrogen) atoms. The molecule has 0 fully saturated rings. The first-order valence-corrected chi connectivity index (χ1v) is 7.82. The first-order chi connectivity index (χ1) is 8.03. The Morgan fingerprint density at radius 2 is 1.83 bits per heavy atom. The highest BCUT2D eigenvalue weighted by atomic mass is 32.2. The third kappa shape index (κ3) is 7.62. The molecule has 0 aliphatic heterocycles. The lowest BCUT2D eigenvalue weighted by Crippen LogP contribution is -2.49. The van der Waals surface area contributed by atoms with E-state index in [1.807, 2.05) is 13.8 Å². The van der Waals surface area contributed by atoms with Crippen LogP contribution in [0.2, 0.25) is 0 Å². The molecule has 0 bridgehead atoms. The summed E-state index contributed by atoms with van der Waals surface area (Å²) in [6, 6.07) is -0.774. The van der Waals surface area contributed by atoms with Gasteiger partial charge in [0, 0.05) is 13.6 Å². The molecule has 0 aromatic heterocycles. The number of aliphatic hydroxyl groups excluding tert-OH is 1. The maximum Gasteiger partial charge on any atom is 0.240 e. The fraction of sp³-hybridized carbons (Fsp3) is 0.909. The van der Waals surface area contributed by atoms with Crippen LogP contribution in [0.5, 0.6) is 0 Å². The summed E-state index contributed by atoms with van der Waals surface area (Å²) < 4.78 is 24.8. The maximum absolute atomic E-state index is 12.1. The number of amides is 1. The van der Waals surface area contributed by atoms with Crippen LogP contribution in [0.4, 0.5) is 0 Å². The number of aliphatic hydroxyl groups is 1. The van der Waals surface area contributed by atoms with Crippen LogP contribution in [0.3, 0.4) is 0 Å². The molecule has 0 aromatic carbocycles. The van der Waals surface area contributed by atoms with E-state index in [1.54, 1.807) is 14.0 Å². The van der Waals surface area contributed by atoms with Crippen molar-refractivity contribution >= 4 is 15.9 Å². The fourth-order valence-electron chi connectivity index (χ4n) is 1.68. The molecule has 0 spiro atoms. The van der Waals surface area contributed by atoms with Gasteiger partial charge in [0.15, 0.2) is 0 Å². The molecule has 0 aliphatic rings. The van der Waals surface area contributed by atoms with Gasteiger partial charge in [-0.3, -0.25) is 4.79 Å². The zero-order chi connectivity index (χ0) is 14.5. The molecule has 0 rings (SSSR count). The summed E-state index contributed by atoms with van der Waals surface area (Å²) in [5.74, 6) is -0.136. The van der Waals surface area contributed by atoms with Crippen LogP contribution in [-0.4, -0.2) is 56.3 Å².